The average molecular weight is 641 g/mol. The molecule has 0 aliphatic carbocycles. The topological polar surface area (TPSA) is 317 Å². The minimum Gasteiger partial charge on any atom is -0.481 e. The van der Waals surface area contributed by atoms with Crippen LogP contribution in [0, 0.1) is 0 Å². The molecule has 0 bridgehead atoms. The molecule has 0 unspecified atom stereocenters. The van der Waals surface area contributed by atoms with Crippen LogP contribution in [0.2, 0.25) is 0 Å². The summed E-state index contributed by atoms with van der Waals surface area (Å²) in [5.74, 6) is -7.66. The first-order valence-electron chi connectivity index (χ1n) is 14.2. The van der Waals surface area contributed by atoms with Crippen molar-refractivity contribution in [2.45, 2.75) is 69.2 Å². The van der Waals surface area contributed by atoms with Crippen LogP contribution in [0.15, 0.2) is 4.99 Å². The van der Waals surface area contributed by atoms with Crippen LogP contribution in [0.25, 0.3) is 0 Å². The fourth-order valence-electron chi connectivity index (χ4n) is 4.62. The lowest BCUT2D eigenvalue weighted by molar-refractivity contribution is -0.142. The van der Waals surface area contributed by atoms with Gasteiger partial charge >= 0.3 is 5.97 Å². The highest BCUT2D eigenvalue weighted by atomic mass is 16.4. The third kappa shape index (κ3) is 11.5. The molecule has 2 heterocycles. The van der Waals surface area contributed by atoms with Crippen molar-refractivity contribution in [3.8, 4) is 0 Å². The van der Waals surface area contributed by atoms with E-state index in [0.29, 0.717) is 6.42 Å². The van der Waals surface area contributed by atoms with Crippen LogP contribution in [0.1, 0.15) is 39.0 Å². The minimum atomic E-state index is -1.72. The Bertz CT molecular complexity index is 1190. The molecule has 0 spiro atoms. The number of guanidine groups is 1. The second-order valence-corrected chi connectivity index (χ2v) is 10.4. The van der Waals surface area contributed by atoms with Gasteiger partial charge in [-0.3, -0.25) is 43.3 Å². The minimum absolute atomic E-state index is 0.0103. The van der Waals surface area contributed by atoms with Gasteiger partial charge in [-0.05, 0) is 32.6 Å². The predicted molar refractivity (Wildman–Crippen MR) is 153 cm³/mol. The van der Waals surface area contributed by atoms with E-state index >= 15 is 0 Å². The molecular weight excluding hydrogens is 600 g/mol. The van der Waals surface area contributed by atoms with Crippen molar-refractivity contribution in [2.24, 2.45) is 16.5 Å². The number of aliphatic hydroxyl groups excluding tert-OH is 1. The summed E-state index contributed by atoms with van der Waals surface area (Å²) in [5.41, 5.74) is 10.6. The molecule has 20 nitrogen and oxygen atoms in total. The van der Waals surface area contributed by atoms with E-state index in [1.807, 2.05) is 0 Å². The van der Waals surface area contributed by atoms with Gasteiger partial charge in [-0.15, -0.1) is 0 Å². The molecule has 250 valence electrons. The molecular formula is C25H40N10O10. The van der Waals surface area contributed by atoms with Crippen molar-refractivity contribution in [3.05, 3.63) is 0 Å². The van der Waals surface area contributed by atoms with E-state index in [1.165, 1.54) is 11.8 Å². The third-order valence-electron chi connectivity index (χ3n) is 6.86. The number of hydrogen-bond acceptors (Lipinski definition) is 10. The van der Waals surface area contributed by atoms with Gasteiger partial charge in [-0.2, -0.15) is 0 Å². The molecule has 2 aliphatic rings. The molecule has 2 aliphatic heterocycles. The number of nitrogens with two attached hydrogens (primary N) is 2. The maximum absolute atomic E-state index is 13.1. The Balaban J connectivity index is 2.33. The number of carbonyl (C=O) groups is 8. The average Bonchev–Trinajstić information content (AvgIpc) is 3.47. The van der Waals surface area contributed by atoms with Crippen LogP contribution in [0.3, 0.4) is 0 Å². The summed E-state index contributed by atoms with van der Waals surface area (Å²) in [6.07, 6.45) is -0.0401. The number of aliphatic hydroxyl groups is 1. The molecule has 7 amide bonds. The lowest BCUT2D eigenvalue weighted by Crippen LogP contribution is -2.59. The van der Waals surface area contributed by atoms with Crippen molar-refractivity contribution in [2.75, 3.05) is 32.8 Å². The SMILES string of the molecule is C[C@@H]1NC(=O)CNC(=O)[C@H](CCCN=C(N)N)NC(=O)CNC(=O)[C@H](CC(=O)O)NC(=O)[C@H](CO)NC(=O)[C@@H]2CCCN2C1=O. The number of nitrogens with zero attached hydrogens (tertiary/aromatic N) is 2. The van der Waals surface area contributed by atoms with E-state index in [4.69, 9.17) is 11.5 Å². The van der Waals surface area contributed by atoms with Crippen molar-refractivity contribution >= 4 is 53.3 Å². The quantitative estimate of drug-likeness (QED) is 0.0706. The van der Waals surface area contributed by atoms with Gasteiger partial charge in [0.25, 0.3) is 0 Å². The van der Waals surface area contributed by atoms with Gasteiger partial charge in [0.05, 0.1) is 26.1 Å². The molecule has 0 radical (unpaired) electrons. The Hall–Kier alpha value is -5.01. The smallest absolute Gasteiger partial charge is 0.305 e. The summed E-state index contributed by atoms with van der Waals surface area (Å²) < 4.78 is 0. The molecule has 2 rings (SSSR count). The van der Waals surface area contributed by atoms with E-state index in [1.54, 1.807) is 0 Å². The number of fused-ring (bicyclic) bond motifs is 1. The lowest BCUT2D eigenvalue weighted by atomic mass is 10.1. The first-order chi connectivity index (χ1) is 21.2. The molecule has 2 fully saturated rings. The van der Waals surface area contributed by atoms with Gasteiger partial charge < -0.3 is 58.5 Å². The number of carbonyl (C=O) groups excluding carboxylic acids is 7. The maximum atomic E-state index is 13.1. The summed E-state index contributed by atoms with van der Waals surface area (Å²) in [6, 6.07) is -6.72. The first-order valence-corrected chi connectivity index (χ1v) is 14.2. The third-order valence-corrected chi connectivity index (χ3v) is 6.86. The van der Waals surface area contributed by atoms with Gasteiger partial charge in [0.1, 0.15) is 30.2 Å². The Labute approximate surface area is 257 Å². The molecule has 0 saturated carbocycles. The summed E-state index contributed by atoms with van der Waals surface area (Å²) in [5, 5.41) is 32.8. The summed E-state index contributed by atoms with van der Waals surface area (Å²) in [6.45, 7) is -0.584. The number of nitrogens with one attached hydrogen (secondary N) is 6. The highest BCUT2D eigenvalue weighted by molar-refractivity contribution is 5.98. The second-order valence-electron chi connectivity index (χ2n) is 10.4. The molecule has 12 N–H and O–H groups in total. The maximum Gasteiger partial charge on any atom is 0.305 e. The highest BCUT2D eigenvalue weighted by Crippen LogP contribution is 2.19. The van der Waals surface area contributed by atoms with Crippen LogP contribution in [-0.4, -0.2) is 131 Å². The van der Waals surface area contributed by atoms with Crippen molar-refractivity contribution in [1.82, 2.24) is 36.8 Å². The molecule has 2 saturated heterocycles. The van der Waals surface area contributed by atoms with Crippen LogP contribution >= 0.6 is 0 Å². The van der Waals surface area contributed by atoms with Crippen LogP contribution in [-0.2, 0) is 38.4 Å². The zero-order valence-electron chi connectivity index (χ0n) is 24.7. The van der Waals surface area contributed by atoms with Crippen LogP contribution in [0.4, 0.5) is 0 Å². The van der Waals surface area contributed by atoms with E-state index < -0.39 is 104 Å². The fourth-order valence-corrected chi connectivity index (χ4v) is 4.62. The molecule has 45 heavy (non-hydrogen) atoms. The normalized spacial score (nSPS) is 26.1. The zero-order chi connectivity index (χ0) is 33.7. The number of hydrogen-bond donors (Lipinski definition) is 10. The zero-order valence-corrected chi connectivity index (χ0v) is 24.7. The second kappa shape index (κ2) is 17.3. The van der Waals surface area contributed by atoms with Gasteiger partial charge in [0.15, 0.2) is 5.96 Å². The van der Waals surface area contributed by atoms with Gasteiger partial charge in [-0.1, -0.05) is 0 Å². The first kappa shape index (κ1) is 36.2. The number of carboxylic acids is 1. The molecule has 20 heteroatoms. The van der Waals surface area contributed by atoms with Crippen molar-refractivity contribution in [1.29, 1.82) is 0 Å². The molecule has 0 aromatic heterocycles. The fraction of sp³-hybridized carbons (Fsp3) is 0.640. The summed E-state index contributed by atoms with van der Waals surface area (Å²) >= 11 is 0. The number of aliphatic imine (C=N–C) groups is 1. The number of carboxylic acid groups (broad SMARTS) is 1. The van der Waals surface area contributed by atoms with Gasteiger partial charge in [-0.25, -0.2) is 0 Å². The molecule has 5 atom stereocenters. The van der Waals surface area contributed by atoms with E-state index in [0.717, 1.165) is 0 Å². The Morgan fingerprint density at radius 3 is 2.07 bits per heavy atom. The standard InChI is InChI=1S/C25H40N10O10/c1-12-24(45)35-7-3-5-16(35)23(44)34-15(11-36)22(43)33-14(8-19(39)40)21(42)30-10-18(38)32-13(4-2-6-28-25(26)27)20(41)29-9-17(37)31-12/h12-16,36H,2-11H2,1H3,(H,29,41)(H,30,42)(H,31,37)(H,32,38)(H,33,43)(H,34,44)(H,39,40)(H4,26,27,28)/t12-,13-,14-,15-,16-/m0/s1. The van der Waals surface area contributed by atoms with E-state index in [-0.39, 0.29) is 38.3 Å². The van der Waals surface area contributed by atoms with Gasteiger partial charge in [0, 0.05) is 13.1 Å². The van der Waals surface area contributed by atoms with E-state index in [2.05, 4.69) is 36.9 Å². The Morgan fingerprint density at radius 1 is 0.867 bits per heavy atom. The summed E-state index contributed by atoms with van der Waals surface area (Å²) in [4.78, 5) is 106. The van der Waals surface area contributed by atoms with Crippen molar-refractivity contribution in [3.63, 3.8) is 0 Å². The van der Waals surface area contributed by atoms with Crippen molar-refractivity contribution < 1.29 is 48.6 Å². The van der Waals surface area contributed by atoms with Crippen LogP contribution < -0.4 is 43.4 Å². The highest BCUT2D eigenvalue weighted by Gasteiger charge is 2.38. The Kier molecular flexibility index (Phi) is 13.9. The summed E-state index contributed by atoms with van der Waals surface area (Å²) in [7, 11) is 0. The number of rotatable bonds is 7. The van der Waals surface area contributed by atoms with Crippen LogP contribution in [0.5, 0.6) is 0 Å². The number of aliphatic carboxylic acids is 1. The Morgan fingerprint density at radius 2 is 1.47 bits per heavy atom. The number of amides is 7. The van der Waals surface area contributed by atoms with E-state index in [9.17, 15) is 48.6 Å². The lowest BCUT2D eigenvalue weighted by Gasteiger charge is -2.28. The largest absolute Gasteiger partial charge is 0.481 e. The monoisotopic (exact) mass is 640 g/mol. The molecule has 0 aromatic rings. The molecule has 0 aromatic carbocycles. The van der Waals surface area contributed by atoms with Gasteiger partial charge in [0.2, 0.25) is 41.4 Å². The predicted octanol–water partition coefficient (Wildman–Crippen LogP) is -6.30.